The molecule has 41 heavy (non-hydrogen) atoms. The van der Waals surface area contributed by atoms with Gasteiger partial charge in [-0.1, -0.05) is 70.4 Å². The van der Waals surface area contributed by atoms with Gasteiger partial charge in [0.2, 0.25) is 11.8 Å². The number of amides is 3. The maximum Gasteiger partial charge on any atom is 0.252 e. The van der Waals surface area contributed by atoms with Crippen LogP contribution < -0.4 is 10.0 Å². The lowest BCUT2D eigenvalue weighted by Gasteiger charge is -2.40. The molecule has 9 heteroatoms. The fourth-order valence-corrected chi connectivity index (χ4v) is 8.91. The molecule has 7 nitrogen and oxygen atoms in total. The largest absolute Gasteiger partial charge is 0.343 e. The molecule has 0 radical (unpaired) electrons. The molecule has 2 heterocycles. The van der Waals surface area contributed by atoms with E-state index in [1.165, 1.54) is 37.7 Å². The van der Waals surface area contributed by atoms with Crippen molar-refractivity contribution in [2.24, 2.45) is 17.3 Å². The van der Waals surface area contributed by atoms with Crippen LogP contribution in [-0.4, -0.2) is 69.6 Å². The Balaban J connectivity index is 1.29. The third-order valence-electron chi connectivity index (χ3n) is 8.69. The predicted molar refractivity (Wildman–Crippen MR) is 170 cm³/mol. The third kappa shape index (κ3) is 9.65. The van der Waals surface area contributed by atoms with Gasteiger partial charge in [0.25, 0.3) is 5.91 Å². The second-order valence-corrected chi connectivity index (χ2v) is 15.4. The fourth-order valence-electron chi connectivity index (χ4n) is 6.37. The summed E-state index contributed by atoms with van der Waals surface area (Å²) >= 11 is 3.20. The molecule has 4 rings (SSSR count). The Bertz CT molecular complexity index is 1000. The second kappa shape index (κ2) is 15.1. The van der Waals surface area contributed by atoms with Gasteiger partial charge in [-0.25, -0.2) is 0 Å². The molecule has 228 valence electrons. The zero-order chi connectivity index (χ0) is 29.4. The quantitative estimate of drug-likeness (QED) is 0.347. The van der Waals surface area contributed by atoms with E-state index in [2.05, 4.69) is 45.3 Å². The number of nitrogens with zero attached hydrogens (tertiary/aromatic N) is 2. The summed E-state index contributed by atoms with van der Waals surface area (Å²) in [4.78, 5) is 43.4. The first-order valence-electron chi connectivity index (χ1n) is 15.5. The third-order valence-corrected chi connectivity index (χ3v) is 11.1. The van der Waals surface area contributed by atoms with Crippen molar-refractivity contribution in [1.29, 1.82) is 0 Å². The number of hydrogen-bond donors (Lipinski definition) is 2. The maximum absolute atomic E-state index is 13.2. The van der Waals surface area contributed by atoms with Gasteiger partial charge in [0, 0.05) is 24.0 Å². The average Bonchev–Trinajstić information content (AvgIpc) is 3.45. The van der Waals surface area contributed by atoms with Crippen LogP contribution in [0.1, 0.15) is 84.6 Å². The molecule has 2 aliphatic heterocycles. The summed E-state index contributed by atoms with van der Waals surface area (Å²) in [5, 5.41) is 3.30. The van der Waals surface area contributed by atoms with E-state index < -0.39 is 12.1 Å². The summed E-state index contributed by atoms with van der Waals surface area (Å²) in [5.41, 5.74) is 1.23. The number of thioether (sulfide) groups is 1. The highest BCUT2D eigenvalue weighted by Gasteiger charge is 2.38. The highest BCUT2D eigenvalue weighted by molar-refractivity contribution is 7.99. The molecule has 0 spiro atoms. The standard InChI is InChI=1S/C32H50N4O3S2/c1-23(33-31(39)27-21-40-22-36(27)28(37)19-32(2,3)4)30(38)34-41-29(25-13-9-6-10-14-25)26-15-17-35(18-16-26)20-24-11-7-5-8-12-24/h5,7-8,11-12,23,25-27,29H,6,9-10,13-22H2,1-4H3,(H,33,39)(H,34,38)/t23-,27+,29?/m1/s1. The molecule has 3 amide bonds. The molecule has 0 bridgehead atoms. The topological polar surface area (TPSA) is 81.8 Å². The Morgan fingerprint density at radius 2 is 1.66 bits per heavy atom. The normalized spacial score (nSPS) is 22.7. The summed E-state index contributed by atoms with van der Waals surface area (Å²) in [5.74, 6) is 1.90. The monoisotopic (exact) mass is 602 g/mol. The van der Waals surface area contributed by atoms with E-state index >= 15 is 0 Å². The van der Waals surface area contributed by atoms with Gasteiger partial charge in [-0.2, -0.15) is 0 Å². The lowest BCUT2D eigenvalue weighted by Crippen LogP contribution is -2.52. The van der Waals surface area contributed by atoms with Gasteiger partial charge in [-0.15, -0.1) is 11.8 Å². The lowest BCUT2D eigenvalue weighted by molar-refractivity contribution is -0.140. The van der Waals surface area contributed by atoms with Crippen molar-refractivity contribution in [2.45, 2.75) is 103 Å². The molecule has 2 N–H and O–H groups in total. The number of rotatable bonds is 10. The van der Waals surface area contributed by atoms with Crippen LogP contribution in [0.3, 0.4) is 0 Å². The van der Waals surface area contributed by atoms with Crippen LogP contribution in [0.2, 0.25) is 0 Å². The lowest BCUT2D eigenvalue weighted by atomic mass is 9.79. The van der Waals surface area contributed by atoms with E-state index in [9.17, 15) is 14.4 Å². The number of likely N-dealkylation sites (tertiary alicyclic amines) is 1. The molecule has 3 fully saturated rings. The zero-order valence-corrected chi connectivity index (χ0v) is 27.0. The van der Waals surface area contributed by atoms with Crippen LogP contribution in [0, 0.1) is 17.3 Å². The maximum atomic E-state index is 13.2. The van der Waals surface area contributed by atoms with E-state index in [1.54, 1.807) is 35.5 Å². The van der Waals surface area contributed by atoms with Crippen molar-refractivity contribution < 1.29 is 14.4 Å². The number of hydrogen-bond acceptors (Lipinski definition) is 6. The number of benzene rings is 1. The Hall–Kier alpha value is -1.71. The van der Waals surface area contributed by atoms with Gasteiger partial charge in [0.1, 0.15) is 12.1 Å². The first-order chi connectivity index (χ1) is 19.6. The molecule has 1 aromatic rings. The summed E-state index contributed by atoms with van der Waals surface area (Å²) in [6.45, 7) is 11.0. The van der Waals surface area contributed by atoms with Crippen LogP contribution in [0.5, 0.6) is 0 Å². The van der Waals surface area contributed by atoms with E-state index in [1.807, 2.05) is 20.8 Å². The smallest absolute Gasteiger partial charge is 0.252 e. The van der Waals surface area contributed by atoms with Gasteiger partial charge in [-0.05, 0) is 80.5 Å². The van der Waals surface area contributed by atoms with Gasteiger partial charge in [0.15, 0.2) is 0 Å². The highest BCUT2D eigenvalue weighted by Crippen LogP contribution is 2.39. The van der Waals surface area contributed by atoms with Crippen molar-refractivity contribution in [2.75, 3.05) is 24.7 Å². The molecule has 1 aliphatic carbocycles. The number of piperidine rings is 1. The summed E-state index contributed by atoms with van der Waals surface area (Å²) in [7, 11) is 0. The number of carbonyl (C=O) groups excluding carboxylic acids is 3. The molecule has 1 saturated carbocycles. The van der Waals surface area contributed by atoms with E-state index in [-0.39, 0.29) is 23.1 Å². The van der Waals surface area contributed by atoms with Gasteiger partial charge in [-0.3, -0.25) is 24.0 Å². The van der Waals surface area contributed by atoms with Crippen LogP contribution in [0.4, 0.5) is 0 Å². The molecular formula is C32H50N4O3S2. The Morgan fingerprint density at radius 1 is 1.00 bits per heavy atom. The van der Waals surface area contributed by atoms with Crippen molar-refractivity contribution in [3.8, 4) is 0 Å². The molecule has 2 saturated heterocycles. The van der Waals surface area contributed by atoms with Crippen LogP contribution in [0.15, 0.2) is 30.3 Å². The fraction of sp³-hybridized carbons (Fsp3) is 0.719. The molecule has 1 unspecified atom stereocenters. The van der Waals surface area contributed by atoms with Crippen LogP contribution in [0.25, 0.3) is 0 Å². The molecule has 0 aromatic heterocycles. The van der Waals surface area contributed by atoms with Crippen LogP contribution >= 0.6 is 23.7 Å². The second-order valence-electron chi connectivity index (χ2n) is 13.4. The summed E-state index contributed by atoms with van der Waals surface area (Å²) in [6.07, 6.45) is 9.05. The molecule has 3 aliphatic rings. The van der Waals surface area contributed by atoms with Crippen LogP contribution in [-0.2, 0) is 20.9 Å². The van der Waals surface area contributed by atoms with Gasteiger partial charge >= 0.3 is 0 Å². The first kappa shape index (κ1) is 32.2. The van der Waals surface area contributed by atoms with E-state index in [4.69, 9.17) is 0 Å². The van der Waals surface area contributed by atoms with Crippen molar-refractivity contribution >= 4 is 41.4 Å². The van der Waals surface area contributed by atoms with Crippen molar-refractivity contribution in [1.82, 2.24) is 19.8 Å². The minimum atomic E-state index is -0.653. The number of carbonyl (C=O) groups is 3. The van der Waals surface area contributed by atoms with E-state index in [0.29, 0.717) is 35.1 Å². The van der Waals surface area contributed by atoms with Crippen molar-refractivity contribution in [3.05, 3.63) is 35.9 Å². The average molecular weight is 603 g/mol. The SMILES string of the molecule is C[C@@H](NC(=O)[C@@H]1CSCN1C(=O)CC(C)(C)C)C(=O)NSC(C1CCCCC1)C1CCN(Cc2ccccc2)CC1. The van der Waals surface area contributed by atoms with E-state index in [0.717, 1.165) is 32.5 Å². The number of nitrogens with one attached hydrogen (secondary N) is 2. The zero-order valence-electron chi connectivity index (χ0n) is 25.4. The highest BCUT2D eigenvalue weighted by atomic mass is 32.2. The van der Waals surface area contributed by atoms with Gasteiger partial charge < -0.3 is 10.2 Å². The first-order valence-corrected chi connectivity index (χ1v) is 17.5. The Kier molecular flexibility index (Phi) is 11.9. The summed E-state index contributed by atoms with van der Waals surface area (Å²) < 4.78 is 3.15. The summed E-state index contributed by atoms with van der Waals surface area (Å²) in [6, 6.07) is 9.52. The Labute approximate surface area is 255 Å². The molecule has 1 aromatic carbocycles. The minimum absolute atomic E-state index is 0.000417. The predicted octanol–water partition coefficient (Wildman–Crippen LogP) is 5.45. The Morgan fingerprint density at radius 3 is 2.32 bits per heavy atom. The molecular weight excluding hydrogens is 553 g/mol. The minimum Gasteiger partial charge on any atom is -0.343 e. The molecule has 3 atom stereocenters. The van der Waals surface area contributed by atoms with Crippen molar-refractivity contribution in [3.63, 3.8) is 0 Å². The van der Waals surface area contributed by atoms with Gasteiger partial charge in [0.05, 0.1) is 5.88 Å².